The van der Waals surface area contributed by atoms with Crippen molar-refractivity contribution in [3.63, 3.8) is 0 Å². The molecule has 0 spiro atoms. The predicted octanol–water partition coefficient (Wildman–Crippen LogP) is 4.84. The van der Waals surface area contributed by atoms with Crippen LogP contribution in [0.25, 0.3) is 22.0 Å². The second-order valence-corrected chi connectivity index (χ2v) is 8.55. The highest BCUT2D eigenvalue weighted by atomic mass is 16.5. The monoisotopic (exact) mass is 400 g/mol. The SMILES string of the molecule is C=C[C@H]1CN2CC[C@H]1C[C@@H]2[C@@H](O)c1ccnc2ccc(-c3ccc(OC)cc3)cc12. The van der Waals surface area contributed by atoms with Gasteiger partial charge in [-0.15, -0.1) is 6.58 Å². The zero-order chi connectivity index (χ0) is 20.7. The van der Waals surface area contributed by atoms with Crippen molar-refractivity contribution in [2.45, 2.75) is 25.0 Å². The summed E-state index contributed by atoms with van der Waals surface area (Å²) in [5.74, 6) is 2.03. The third-order valence-electron chi connectivity index (χ3n) is 7.04. The number of benzene rings is 2. The maximum absolute atomic E-state index is 11.4. The summed E-state index contributed by atoms with van der Waals surface area (Å²) in [6, 6.07) is 16.5. The summed E-state index contributed by atoms with van der Waals surface area (Å²) < 4.78 is 5.28. The molecule has 3 aliphatic rings. The Balaban J connectivity index is 1.50. The fraction of sp³-hybridized carbons (Fsp3) is 0.346. The number of pyridine rings is 1. The number of hydrogen-bond acceptors (Lipinski definition) is 4. The van der Waals surface area contributed by atoms with Gasteiger partial charge in [0, 0.05) is 24.2 Å². The number of piperidine rings is 3. The first-order chi connectivity index (χ1) is 14.7. The first kappa shape index (κ1) is 19.3. The molecule has 1 N–H and O–H groups in total. The molecule has 1 unspecified atom stereocenters. The minimum absolute atomic E-state index is 0.162. The molecule has 4 heteroatoms. The van der Waals surface area contributed by atoms with Gasteiger partial charge in [0.2, 0.25) is 0 Å². The van der Waals surface area contributed by atoms with Crippen LogP contribution in [0.4, 0.5) is 0 Å². The summed E-state index contributed by atoms with van der Waals surface area (Å²) in [6.45, 7) is 6.09. The maximum atomic E-state index is 11.4. The number of hydrogen-bond donors (Lipinski definition) is 1. The summed E-state index contributed by atoms with van der Waals surface area (Å²) in [5.41, 5.74) is 4.13. The molecule has 3 aliphatic heterocycles. The van der Waals surface area contributed by atoms with Crippen LogP contribution in [0.5, 0.6) is 5.75 Å². The number of fused-ring (bicyclic) bond motifs is 4. The molecule has 154 valence electrons. The van der Waals surface area contributed by atoms with E-state index < -0.39 is 6.10 Å². The Labute approximate surface area is 177 Å². The minimum atomic E-state index is -0.518. The smallest absolute Gasteiger partial charge is 0.118 e. The lowest BCUT2D eigenvalue weighted by Gasteiger charge is -2.50. The van der Waals surface area contributed by atoms with Crippen LogP contribution in [0, 0.1) is 11.8 Å². The van der Waals surface area contributed by atoms with Crippen LogP contribution < -0.4 is 4.74 Å². The van der Waals surface area contributed by atoms with Crippen molar-refractivity contribution in [3.05, 3.63) is 72.9 Å². The number of ether oxygens (including phenoxy) is 1. The second-order valence-electron chi connectivity index (χ2n) is 8.55. The summed E-state index contributed by atoms with van der Waals surface area (Å²) in [5, 5.41) is 12.5. The Morgan fingerprint density at radius 3 is 2.67 bits per heavy atom. The largest absolute Gasteiger partial charge is 0.497 e. The number of aliphatic hydroxyl groups excluding tert-OH is 1. The van der Waals surface area contributed by atoms with E-state index in [1.807, 2.05) is 30.5 Å². The Bertz CT molecular complexity index is 1060. The van der Waals surface area contributed by atoms with Gasteiger partial charge in [0.15, 0.2) is 0 Å². The third kappa shape index (κ3) is 3.30. The van der Waals surface area contributed by atoms with Gasteiger partial charge in [-0.3, -0.25) is 9.88 Å². The van der Waals surface area contributed by atoms with E-state index in [1.165, 1.54) is 6.42 Å². The van der Waals surface area contributed by atoms with Crippen molar-refractivity contribution in [1.29, 1.82) is 0 Å². The van der Waals surface area contributed by atoms with Gasteiger partial charge in [0.05, 0.1) is 18.7 Å². The number of aromatic nitrogens is 1. The quantitative estimate of drug-likeness (QED) is 0.623. The van der Waals surface area contributed by atoms with Crippen LogP contribution >= 0.6 is 0 Å². The lowest BCUT2D eigenvalue weighted by Crippen LogP contribution is -2.54. The van der Waals surface area contributed by atoms with Crippen LogP contribution in [-0.4, -0.2) is 41.2 Å². The van der Waals surface area contributed by atoms with Gasteiger partial charge in [-0.2, -0.15) is 0 Å². The van der Waals surface area contributed by atoms with E-state index >= 15 is 0 Å². The zero-order valence-electron chi connectivity index (χ0n) is 17.4. The molecule has 2 bridgehead atoms. The average molecular weight is 401 g/mol. The van der Waals surface area contributed by atoms with Gasteiger partial charge >= 0.3 is 0 Å². The molecule has 5 atom stereocenters. The van der Waals surface area contributed by atoms with E-state index in [0.717, 1.165) is 52.9 Å². The molecular weight excluding hydrogens is 372 g/mol. The summed E-state index contributed by atoms with van der Waals surface area (Å²) in [6.07, 6.45) is 5.63. The molecule has 0 amide bonds. The van der Waals surface area contributed by atoms with Crippen LogP contribution in [0.1, 0.15) is 24.5 Å². The van der Waals surface area contributed by atoms with Crippen LogP contribution in [0.15, 0.2) is 67.4 Å². The average Bonchev–Trinajstić information content (AvgIpc) is 2.83. The molecule has 3 aromatic rings. The molecule has 0 saturated carbocycles. The molecule has 3 fully saturated rings. The van der Waals surface area contributed by atoms with E-state index in [9.17, 15) is 5.11 Å². The minimum Gasteiger partial charge on any atom is -0.497 e. The van der Waals surface area contributed by atoms with Crippen molar-refractivity contribution in [3.8, 4) is 16.9 Å². The highest BCUT2D eigenvalue weighted by Crippen LogP contribution is 2.42. The van der Waals surface area contributed by atoms with Crippen molar-refractivity contribution in [2.75, 3.05) is 20.2 Å². The van der Waals surface area contributed by atoms with Crippen LogP contribution in [0.3, 0.4) is 0 Å². The Hall–Kier alpha value is -2.69. The van der Waals surface area contributed by atoms with Crippen LogP contribution in [-0.2, 0) is 0 Å². The van der Waals surface area contributed by atoms with Gasteiger partial charge in [-0.1, -0.05) is 24.3 Å². The molecule has 30 heavy (non-hydrogen) atoms. The molecule has 2 aromatic carbocycles. The Morgan fingerprint density at radius 2 is 1.97 bits per heavy atom. The molecule has 0 radical (unpaired) electrons. The second kappa shape index (κ2) is 7.86. The van der Waals surface area contributed by atoms with E-state index in [2.05, 4.69) is 46.8 Å². The lowest BCUT2D eigenvalue weighted by molar-refractivity contribution is -0.0444. The molecule has 1 aromatic heterocycles. The highest BCUT2D eigenvalue weighted by Gasteiger charge is 2.42. The van der Waals surface area contributed by atoms with Gasteiger partial charge in [-0.05, 0) is 78.2 Å². The summed E-state index contributed by atoms with van der Waals surface area (Å²) >= 11 is 0. The normalized spacial score (nSPS) is 26.5. The Morgan fingerprint density at radius 1 is 1.17 bits per heavy atom. The number of methoxy groups -OCH3 is 1. The van der Waals surface area contributed by atoms with Crippen molar-refractivity contribution in [2.24, 2.45) is 11.8 Å². The van der Waals surface area contributed by atoms with Crippen LogP contribution in [0.2, 0.25) is 0 Å². The van der Waals surface area contributed by atoms with Gasteiger partial charge in [0.25, 0.3) is 0 Å². The summed E-state index contributed by atoms with van der Waals surface area (Å²) in [4.78, 5) is 7.00. The molecule has 4 heterocycles. The number of rotatable bonds is 5. The molecule has 6 rings (SSSR count). The van der Waals surface area contributed by atoms with Gasteiger partial charge < -0.3 is 9.84 Å². The van der Waals surface area contributed by atoms with Gasteiger partial charge in [0.1, 0.15) is 5.75 Å². The fourth-order valence-electron chi connectivity index (χ4n) is 5.30. The first-order valence-corrected chi connectivity index (χ1v) is 10.8. The molecule has 0 aliphatic carbocycles. The zero-order valence-corrected chi connectivity index (χ0v) is 17.4. The predicted molar refractivity (Wildman–Crippen MR) is 120 cm³/mol. The molecule has 4 nitrogen and oxygen atoms in total. The Kier molecular flexibility index (Phi) is 5.05. The van der Waals surface area contributed by atoms with E-state index in [4.69, 9.17) is 4.74 Å². The number of nitrogens with zero attached hydrogens (tertiary/aromatic N) is 2. The topological polar surface area (TPSA) is 45.6 Å². The summed E-state index contributed by atoms with van der Waals surface area (Å²) in [7, 11) is 1.68. The third-order valence-corrected chi connectivity index (χ3v) is 7.04. The van der Waals surface area contributed by atoms with Gasteiger partial charge in [-0.25, -0.2) is 0 Å². The molecular formula is C26H28N2O2. The molecule has 3 saturated heterocycles. The van der Waals surface area contributed by atoms with E-state index in [0.29, 0.717) is 11.8 Å². The van der Waals surface area contributed by atoms with E-state index in [-0.39, 0.29) is 6.04 Å². The highest BCUT2D eigenvalue weighted by molar-refractivity contribution is 5.87. The van der Waals surface area contributed by atoms with E-state index in [1.54, 1.807) is 7.11 Å². The number of aliphatic hydroxyl groups is 1. The fourth-order valence-corrected chi connectivity index (χ4v) is 5.30. The first-order valence-electron chi connectivity index (χ1n) is 10.8. The van der Waals surface area contributed by atoms with Crippen molar-refractivity contribution >= 4 is 10.9 Å². The maximum Gasteiger partial charge on any atom is 0.118 e. The van der Waals surface area contributed by atoms with Crippen molar-refractivity contribution < 1.29 is 9.84 Å². The lowest BCUT2D eigenvalue weighted by atomic mass is 9.73. The van der Waals surface area contributed by atoms with Crippen molar-refractivity contribution in [1.82, 2.24) is 9.88 Å². The standard InChI is InChI=1S/C26H28N2O2/c1-3-17-16-28-13-11-20(17)15-25(28)26(29)22-10-12-27-24-9-6-19(14-23(22)24)18-4-7-21(30-2)8-5-18/h3-10,12,14,17,20,25-26,29H,1,11,13,15-16H2,2H3/t17-,20-,25+,26-/m0/s1.